The molecule has 0 aliphatic carbocycles. The topological polar surface area (TPSA) is 26.3 Å². The Hall–Kier alpha value is -2.35. The molecule has 0 aliphatic heterocycles. The second-order valence-corrected chi connectivity index (χ2v) is 5.25. The van der Waals surface area contributed by atoms with E-state index in [9.17, 15) is 4.79 Å². The molecule has 0 aromatic heterocycles. The predicted octanol–water partition coefficient (Wildman–Crippen LogP) is 4.57. The maximum atomic E-state index is 11.7. The molecule has 2 rings (SSSR count). The van der Waals surface area contributed by atoms with Crippen LogP contribution < -0.4 is 0 Å². The van der Waals surface area contributed by atoms with E-state index in [-0.39, 0.29) is 5.97 Å². The Kier molecular flexibility index (Phi) is 5.33. The van der Waals surface area contributed by atoms with Gasteiger partial charge in [0.1, 0.15) is 6.61 Å². The highest BCUT2D eigenvalue weighted by Crippen LogP contribution is 2.15. The summed E-state index contributed by atoms with van der Waals surface area (Å²) >= 11 is 0. The van der Waals surface area contributed by atoms with Gasteiger partial charge in [0.05, 0.1) is 0 Å². The second-order valence-electron chi connectivity index (χ2n) is 5.25. The van der Waals surface area contributed by atoms with Crippen molar-refractivity contribution in [1.29, 1.82) is 0 Å². The first kappa shape index (κ1) is 15.0. The van der Waals surface area contributed by atoms with Gasteiger partial charge in [-0.2, -0.15) is 0 Å². The largest absolute Gasteiger partial charge is 0.458 e. The van der Waals surface area contributed by atoms with Crippen molar-refractivity contribution in [2.45, 2.75) is 26.4 Å². The quantitative estimate of drug-likeness (QED) is 0.592. The van der Waals surface area contributed by atoms with Crippen molar-refractivity contribution in [3.63, 3.8) is 0 Å². The maximum absolute atomic E-state index is 11.7. The molecule has 0 atom stereocenters. The summed E-state index contributed by atoms with van der Waals surface area (Å²) < 4.78 is 5.19. The van der Waals surface area contributed by atoms with E-state index in [2.05, 4.69) is 26.0 Å². The Morgan fingerprint density at radius 1 is 1.05 bits per heavy atom. The van der Waals surface area contributed by atoms with E-state index in [0.717, 1.165) is 11.1 Å². The molecular weight excluding hydrogens is 260 g/mol. The van der Waals surface area contributed by atoms with Crippen LogP contribution in [0, 0.1) is 0 Å². The maximum Gasteiger partial charge on any atom is 0.331 e. The molecule has 0 spiro atoms. The summed E-state index contributed by atoms with van der Waals surface area (Å²) in [5.74, 6) is 0.186. The molecule has 2 aromatic carbocycles. The monoisotopic (exact) mass is 280 g/mol. The molecule has 2 aromatic rings. The number of ether oxygens (including phenoxy) is 1. The zero-order valence-electron chi connectivity index (χ0n) is 12.5. The van der Waals surface area contributed by atoms with Gasteiger partial charge in [-0.05, 0) is 28.7 Å². The molecule has 0 bridgehead atoms. The summed E-state index contributed by atoms with van der Waals surface area (Å²) in [6.07, 6.45) is 3.24. The molecule has 108 valence electrons. The van der Waals surface area contributed by atoms with Crippen molar-refractivity contribution in [3.8, 4) is 0 Å². The van der Waals surface area contributed by atoms with Crippen LogP contribution >= 0.6 is 0 Å². The third-order valence-electron chi connectivity index (χ3n) is 3.24. The Morgan fingerprint density at radius 3 is 2.33 bits per heavy atom. The first-order chi connectivity index (χ1) is 10.1. The van der Waals surface area contributed by atoms with E-state index in [0.29, 0.717) is 12.5 Å². The molecule has 0 saturated carbocycles. The van der Waals surface area contributed by atoms with Crippen LogP contribution in [0.1, 0.15) is 36.5 Å². The van der Waals surface area contributed by atoms with Gasteiger partial charge < -0.3 is 4.74 Å². The van der Waals surface area contributed by atoms with Crippen molar-refractivity contribution < 1.29 is 9.53 Å². The summed E-state index contributed by atoms with van der Waals surface area (Å²) in [5.41, 5.74) is 3.27. The molecule has 21 heavy (non-hydrogen) atoms. The first-order valence-electron chi connectivity index (χ1n) is 7.14. The minimum absolute atomic E-state index is 0.302. The SMILES string of the molecule is CC(C)c1ccc(/C=C/C(=O)OCc2ccccc2)cc1. The van der Waals surface area contributed by atoms with Crippen LogP contribution in [-0.4, -0.2) is 5.97 Å². The van der Waals surface area contributed by atoms with Gasteiger partial charge in [-0.3, -0.25) is 0 Å². The first-order valence-corrected chi connectivity index (χ1v) is 7.14. The molecule has 0 N–H and O–H groups in total. The third kappa shape index (κ3) is 4.92. The summed E-state index contributed by atoms with van der Waals surface area (Å²) in [6.45, 7) is 4.62. The predicted molar refractivity (Wildman–Crippen MR) is 85.8 cm³/mol. The van der Waals surface area contributed by atoms with Crippen LogP contribution in [0.4, 0.5) is 0 Å². The lowest BCUT2D eigenvalue weighted by Gasteiger charge is -2.04. The van der Waals surface area contributed by atoms with Gasteiger partial charge >= 0.3 is 5.97 Å². The number of rotatable bonds is 5. The van der Waals surface area contributed by atoms with Gasteiger partial charge in [0, 0.05) is 6.08 Å². The highest BCUT2D eigenvalue weighted by Gasteiger charge is 2.00. The third-order valence-corrected chi connectivity index (χ3v) is 3.24. The van der Waals surface area contributed by atoms with Crippen molar-refractivity contribution in [2.24, 2.45) is 0 Å². The van der Waals surface area contributed by atoms with Gasteiger partial charge in [-0.25, -0.2) is 4.79 Å². The fraction of sp³-hybridized carbons (Fsp3) is 0.211. The molecule has 0 amide bonds. The van der Waals surface area contributed by atoms with Crippen molar-refractivity contribution >= 4 is 12.0 Å². The van der Waals surface area contributed by atoms with E-state index in [1.54, 1.807) is 6.08 Å². The Morgan fingerprint density at radius 2 is 1.71 bits per heavy atom. The number of hydrogen-bond acceptors (Lipinski definition) is 2. The molecule has 2 heteroatoms. The van der Waals surface area contributed by atoms with Crippen LogP contribution in [0.15, 0.2) is 60.7 Å². The summed E-state index contributed by atoms with van der Waals surface area (Å²) in [5, 5.41) is 0. The van der Waals surface area contributed by atoms with Gasteiger partial charge in [-0.1, -0.05) is 68.4 Å². The van der Waals surface area contributed by atoms with Crippen molar-refractivity contribution in [2.75, 3.05) is 0 Å². The van der Waals surface area contributed by atoms with E-state index < -0.39 is 0 Å². The molecule has 0 fully saturated rings. The Bertz CT molecular complexity index is 595. The minimum atomic E-state index is -0.327. The zero-order valence-corrected chi connectivity index (χ0v) is 12.5. The molecule has 2 nitrogen and oxygen atoms in total. The number of hydrogen-bond donors (Lipinski definition) is 0. The standard InChI is InChI=1S/C19H20O2/c1-15(2)18-11-8-16(9-12-18)10-13-19(20)21-14-17-6-4-3-5-7-17/h3-13,15H,14H2,1-2H3/b13-10+. The van der Waals surface area contributed by atoms with Gasteiger partial charge in [-0.15, -0.1) is 0 Å². The highest BCUT2D eigenvalue weighted by molar-refractivity contribution is 5.87. The minimum Gasteiger partial charge on any atom is -0.458 e. The number of carbonyl (C=O) groups excluding carboxylic acids is 1. The molecule has 0 saturated heterocycles. The van der Waals surface area contributed by atoms with Crippen LogP contribution in [0.5, 0.6) is 0 Å². The summed E-state index contributed by atoms with van der Waals surface area (Å²) in [4.78, 5) is 11.7. The lowest BCUT2D eigenvalue weighted by Crippen LogP contribution is -2.00. The number of esters is 1. The summed E-state index contributed by atoms with van der Waals surface area (Å²) in [7, 11) is 0. The van der Waals surface area contributed by atoms with E-state index >= 15 is 0 Å². The van der Waals surface area contributed by atoms with Crippen LogP contribution in [0.3, 0.4) is 0 Å². The van der Waals surface area contributed by atoms with Crippen molar-refractivity contribution in [1.82, 2.24) is 0 Å². The zero-order chi connectivity index (χ0) is 15.1. The van der Waals surface area contributed by atoms with Gasteiger partial charge in [0.25, 0.3) is 0 Å². The average Bonchev–Trinajstić information content (AvgIpc) is 2.52. The van der Waals surface area contributed by atoms with Crippen LogP contribution in [0.2, 0.25) is 0 Å². The van der Waals surface area contributed by atoms with E-state index in [1.807, 2.05) is 42.5 Å². The molecule has 0 radical (unpaired) electrons. The molecule has 0 unspecified atom stereocenters. The Labute approximate surface area is 126 Å². The van der Waals surface area contributed by atoms with Crippen molar-refractivity contribution in [3.05, 3.63) is 77.4 Å². The highest BCUT2D eigenvalue weighted by atomic mass is 16.5. The van der Waals surface area contributed by atoms with E-state index in [1.165, 1.54) is 11.6 Å². The summed E-state index contributed by atoms with van der Waals surface area (Å²) in [6, 6.07) is 17.8. The fourth-order valence-electron chi connectivity index (χ4n) is 1.93. The number of benzene rings is 2. The smallest absolute Gasteiger partial charge is 0.331 e. The molecule has 0 aliphatic rings. The normalized spacial score (nSPS) is 11.0. The Balaban J connectivity index is 1.87. The van der Waals surface area contributed by atoms with E-state index in [4.69, 9.17) is 4.74 Å². The lowest BCUT2D eigenvalue weighted by molar-refractivity contribution is -0.138. The van der Waals surface area contributed by atoms with Crippen LogP contribution in [-0.2, 0) is 16.1 Å². The molecule has 0 heterocycles. The second kappa shape index (κ2) is 7.44. The fourth-order valence-corrected chi connectivity index (χ4v) is 1.93. The lowest BCUT2D eigenvalue weighted by atomic mass is 10.0. The van der Waals surface area contributed by atoms with Crippen LogP contribution in [0.25, 0.3) is 6.08 Å². The van der Waals surface area contributed by atoms with Gasteiger partial charge in [0.15, 0.2) is 0 Å². The molecular formula is C19H20O2. The van der Waals surface area contributed by atoms with Gasteiger partial charge in [0.2, 0.25) is 0 Å². The number of carbonyl (C=O) groups is 1. The average molecular weight is 280 g/mol.